The van der Waals surface area contributed by atoms with E-state index >= 15 is 0 Å². The van der Waals surface area contributed by atoms with Crippen LogP contribution in [-0.2, 0) is 39.2 Å². The smallest absolute Gasteiger partial charge is 0.129 e. The Morgan fingerprint density at radius 1 is 0.594 bits per heavy atom. The zero-order chi connectivity index (χ0) is 46.7. The van der Waals surface area contributed by atoms with Crippen molar-refractivity contribution in [2.75, 3.05) is 19.8 Å². The van der Waals surface area contributed by atoms with E-state index in [1.807, 2.05) is 44.1 Å². The van der Waals surface area contributed by atoms with E-state index in [2.05, 4.69) is 105 Å². The number of aromatic amines is 8. The minimum absolute atomic E-state index is 0.160. The lowest BCUT2D eigenvalue weighted by molar-refractivity contribution is 0.297. The number of nitrogens with two attached hydrogens (primary N) is 1. The van der Waals surface area contributed by atoms with Gasteiger partial charge in [-0.05, 0) is 32.9 Å². The predicted molar refractivity (Wildman–Crippen MR) is 249 cm³/mol. The SMILES string of the molecule is C=Cc1ncc[nH]1.CCCc1cnc[nH]1.CCc1ncc[nH]1.Cc1cnc[nH]1.Cc1ncc[nH]1.Cn1ccnc1.NCCc1cnc[nH]1.OCCc1cnc[nH]1.OCCc1ncc[nH]1. The molecule has 9 aromatic heterocycles. The zero-order valence-corrected chi connectivity index (χ0v) is 37.6. The number of rotatable bonds is 10. The van der Waals surface area contributed by atoms with E-state index in [-0.39, 0.29) is 13.2 Å². The van der Waals surface area contributed by atoms with Gasteiger partial charge in [0.2, 0.25) is 0 Å². The maximum atomic E-state index is 8.39. The van der Waals surface area contributed by atoms with Crippen molar-refractivity contribution in [1.82, 2.24) is 89.3 Å². The van der Waals surface area contributed by atoms with Gasteiger partial charge in [-0.15, -0.1) is 0 Å². The van der Waals surface area contributed by atoms with Crippen LogP contribution in [0.25, 0.3) is 6.08 Å². The lowest BCUT2D eigenvalue weighted by atomic mass is 10.3. The molecular weight excluding hydrogens is 815 g/mol. The third-order valence-electron chi connectivity index (χ3n) is 7.39. The summed E-state index contributed by atoms with van der Waals surface area (Å²) in [5, 5.41) is 16.8. The Kier molecular flexibility index (Phi) is 32.7. The van der Waals surface area contributed by atoms with E-state index in [1.54, 1.807) is 106 Å². The van der Waals surface area contributed by atoms with Crippen molar-refractivity contribution >= 4 is 6.08 Å². The van der Waals surface area contributed by atoms with Gasteiger partial charge in [-0.2, -0.15) is 0 Å². The van der Waals surface area contributed by atoms with Crippen LogP contribution in [0.5, 0.6) is 0 Å². The number of imidazole rings is 9. The summed E-state index contributed by atoms with van der Waals surface area (Å²) < 4.78 is 1.89. The average molecular weight is 882 g/mol. The molecule has 0 saturated heterocycles. The molecule has 64 heavy (non-hydrogen) atoms. The maximum absolute atomic E-state index is 8.39. The van der Waals surface area contributed by atoms with E-state index in [0.717, 1.165) is 59.6 Å². The number of hydrogen-bond donors (Lipinski definition) is 11. The Bertz CT molecular complexity index is 1910. The highest BCUT2D eigenvalue weighted by molar-refractivity contribution is 5.34. The van der Waals surface area contributed by atoms with Crippen molar-refractivity contribution in [3.8, 4) is 0 Å². The highest BCUT2D eigenvalue weighted by Crippen LogP contribution is 1.94. The second-order valence-electron chi connectivity index (χ2n) is 12.7. The third kappa shape index (κ3) is 30.5. The zero-order valence-electron chi connectivity index (χ0n) is 37.6. The van der Waals surface area contributed by atoms with Gasteiger partial charge in [-0.3, -0.25) is 0 Å². The molecule has 0 aliphatic rings. The van der Waals surface area contributed by atoms with Crippen molar-refractivity contribution in [3.05, 3.63) is 171 Å². The topological polar surface area (TPSA) is 314 Å². The van der Waals surface area contributed by atoms with Crippen LogP contribution in [0.1, 0.15) is 66.3 Å². The van der Waals surface area contributed by atoms with E-state index in [9.17, 15) is 0 Å². The van der Waals surface area contributed by atoms with Crippen LogP contribution >= 0.6 is 0 Å². The van der Waals surface area contributed by atoms with Gasteiger partial charge in [0.05, 0.1) is 38.2 Å². The van der Waals surface area contributed by atoms with Crippen molar-refractivity contribution < 1.29 is 10.2 Å². The number of nitrogens with one attached hydrogen (secondary N) is 8. The van der Waals surface area contributed by atoms with Crippen LogP contribution in [0.15, 0.2) is 125 Å². The average Bonchev–Trinajstić information content (AvgIpc) is 4.13. The fourth-order valence-electron chi connectivity index (χ4n) is 4.23. The van der Waals surface area contributed by atoms with Gasteiger partial charge >= 0.3 is 0 Å². The van der Waals surface area contributed by atoms with Gasteiger partial charge in [-0.25, -0.2) is 44.9 Å². The van der Waals surface area contributed by atoms with Gasteiger partial charge in [0.15, 0.2) is 0 Å². The summed E-state index contributed by atoms with van der Waals surface area (Å²) in [7, 11) is 1.94. The van der Waals surface area contributed by atoms with E-state index in [1.165, 1.54) is 12.1 Å². The first-order chi connectivity index (χ1) is 31.3. The summed E-state index contributed by atoms with van der Waals surface area (Å²) in [6, 6.07) is 0. The lowest BCUT2D eigenvalue weighted by Gasteiger charge is -1.86. The Morgan fingerprint density at radius 2 is 1.12 bits per heavy atom. The number of aliphatic hydroxyl groups is 2. The number of aryl methyl sites for hydroxylation is 5. The molecule has 0 aliphatic carbocycles. The van der Waals surface area contributed by atoms with Crippen molar-refractivity contribution in [2.24, 2.45) is 12.8 Å². The minimum Gasteiger partial charge on any atom is -0.396 e. The Balaban J connectivity index is 0.000000361. The molecule has 12 N–H and O–H groups in total. The van der Waals surface area contributed by atoms with Gasteiger partial charge in [-0.1, -0.05) is 26.8 Å². The van der Waals surface area contributed by atoms with Crippen LogP contribution < -0.4 is 5.73 Å². The maximum Gasteiger partial charge on any atom is 0.129 e. The third-order valence-corrected chi connectivity index (χ3v) is 7.39. The second kappa shape index (κ2) is 38.4. The highest BCUT2D eigenvalue weighted by Gasteiger charge is 1.90. The fourth-order valence-corrected chi connectivity index (χ4v) is 4.23. The van der Waals surface area contributed by atoms with Crippen LogP contribution in [0.3, 0.4) is 0 Å². The molecule has 0 amide bonds. The molecule has 9 rings (SSSR count). The van der Waals surface area contributed by atoms with Crippen molar-refractivity contribution in [2.45, 2.75) is 66.2 Å². The Labute approximate surface area is 374 Å². The van der Waals surface area contributed by atoms with E-state index in [0.29, 0.717) is 19.4 Å². The normalized spacial score (nSPS) is 9.25. The molecule has 0 fully saturated rings. The first-order valence-electron chi connectivity index (χ1n) is 20.5. The van der Waals surface area contributed by atoms with Crippen LogP contribution in [0, 0.1) is 13.8 Å². The molecule has 9 heterocycles. The number of H-pyrrole nitrogens is 8. The minimum atomic E-state index is 0.160. The number of aromatic nitrogens is 18. The monoisotopic (exact) mass is 882 g/mol. The van der Waals surface area contributed by atoms with Crippen LogP contribution in [-0.4, -0.2) is 119 Å². The van der Waals surface area contributed by atoms with E-state index in [4.69, 9.17) is 15.9 Å². The molecule has 346 valence electrons. The molecule has 21 nitrogen and oxygen atoms in total. The summed E-state index contributed by atoms with van der Waals surface area (Å²) in [4.78, 5) is 58.0. The fraction of sp³-hybridized carbons (Fsp3) is 0.326. The second-order valence-corrected chi connectivity index (χ2v) is 12.7. The van der Waals surface area contributed by atoms with Crippen molar-refractivity contribution in [3.63, 3.8) is 0 Å². The summed E-state index contributed by atoms with van der Waals surface area (Å²) in [5.74, 6) is 3.68. The molecule has 9 aromatic rings. The van der Waals surface area contributed by atoms with Gasteiger partial charge in [0.1, 0.15) is 23.3 Å². The summed E-state index contributed by atoms with van der Waals surface area (Å²) in [6.45, 7) is 12.6. The number of aliphatic hydroxyl groups excluding tert-OH is 2. The quantitative estimate of drug-likeness (QED) is 0.0861. The molecule has 0 atom stereocenters. The molecular formula is C43H67N19O2. The standard InChI is InChI=1S/C6H10N2.C5H9N3.2C5H8N2O.C5H8N2.C5H6N2.3C4H6N2/c1-2-3-6-4-7-5-8-6;6-2-1-5-3-7-4-8-5;8-4-1-5-6-2-3-7-5;8-2-1-5-3-6-4-7-5;2*1-2-5-6-3-4-7-5;1-4-2-5-3-6-4;1-6-3-2-5-4-6;1-4-5-2-3-6-4/h4-5H,2-3H2,1H3,(H,7,8);3-4H,1-2,6H2,(H,7,8);2-3,8H,1,4H2,(H,6,7);3-4,8H,1-2H2,(H,6,7);3-4H,2H2,1H3,(H,6,7);2-4H,1H2,(H,6,7);2-3H,1H3,(H,5,6);2-4H,1H3;2-3H,1H3,(H,5,6). The molecule has 0 aliphatic heterocycles. The van der Waals surface area contributed by atoms with Gasteiger partial charge in [0, 0.05) is 149 Å². The summed E-state index contributed by atoms with van der Waals surface area (Å²) in [6.07, 6.45) is 40.3. The first-order valence-corrected chi connectivity index (χ1v) is 20.5. The Morgan fingerprint density at radius 3 is 1.41 bits per heavy atom. The van der Waals surface area contributed by atoms with E-state index < -0.39 is 0 Å². The van der Waals surface area contributed by atoms with Gasteiger partial charge in [0.25, 0.3) is 0 Å². The van der Waals surface area contributed by atoms with Crippen LogP contribution in [0.2, 0.25) is 0 Å². The van der Waals surface area contributed by atoms with Crippen LogP contribution in [0.4, 0.5) is 0 Å². The molecule has 0 radical (unpaired) electrons. The molecule has 0 bridgehead atoms. The molecule has 21 heteroatoms. The first kappa shape index (κ1) is 54.5. The summed E-state index contributed by atoms with van der Waals surface area (Å²) >= 11 is 0. The molecule has 0 unspecified atom stereocenters. The predicted octanol–water partition coefficient (Wildman–Crippen LogP) is 5.04. The number of nitrogens with zero attached hydrogens (tertiary/aromatic N) is 10. The van der Waals surface area contributed by atoms with Crippen molar-refractivity contribution in [1.29, 1.82) is 0 Å². The molecule has 0 aromatic carbocycles. The largest absolute Gasteiger partial charge is 0.396 e. The highest BCUT2D eigenvalue weighted by atomic mass is 16.3. The summed E-state index contributed by atoms with van der Waals surface area (Å²) in [5.41, 5.74) is 9.69. The Hall–Kier alpha value is -7.49. The van der Waals surface area contributed by atoms with Gasteiger partial charge < -0.3 is 60.4 Å². The molecule has 0 saturated carbocycles. The number of hydrogen-bond acceptors (Lipinski definition) is 12. The molecule has 0 spiro atoms. The lowest BCUT2D eigenvalue weighted by Crippen LogP contribution is -2.02.